The second-order valence-corrected chi connectivity index (χ2v) is 11.7. The first-order valence-corrected chi connectivity index (χ1v) is 15.4. The Bertz CT molecular complexity index is 1380. The number of nitrogens with zero attached hydrogens (tertiary/aromatic N) is 4. The monoisotopic (exact) mass is 570 g/mol. The van der Waals surface area contributed by atoms with Crippen LogP contribution in [0, 0.1) is 11.6 Å². The van der Waals surface area contributed by atoms with Gasteiger partial charge in [0.15, 0.2) is 5.13 Å². The number of likely N-dealkylation sites (tertiary alicyclic amines) is 1. The summed E-state index contributed by atoms with van der Waals surface area (Å²) in [6.07, 6.45) is 3.11. The number of benzene rings is 3. The summed E-state index contributed by atoms with van der Waals surface area (Å²) in [7, 11) is 0. The van der Waals surface area contributed by atoms with Crippen LogP contribution in [0.25, 0.3) is 16.8 Å². The van der Waals surface area contributed by atoms with Crippen LogP contribution in [0.2, 0.25) is 0 Å². The Morgan fingerprint density at radius 2 is 1.24 bits per heavy atom. The minimum Gasteiger partial charge on any atom is -0.346 e. The number of anilines is 1. The zero-order valence-electron chi connectivity index (χ0n) is 23.3. The Morgan fingerprint density at radius 3 is 1.83 bits per heavy atom. The van der Waals surface area contributed by atoms with Gasteiger partial charge < -0.3 is 9.80 Å². The Morgan fingerprint density at radius 1 is 0.683 bits per heavy atom. The molecule has 2 saturated heterocycles. The lowest BCUT2D eigenvalue weighted by Gasteiger charge is -2.35. The molecule has 0 amide bonds. The van der Waals surface area contributed by atoms with Crippen LogP contribution in [0.3, 0.4) is 0 Å². The van der Waals surface area contributed by atoms with Crippen LogP contribution < -0.4 is 4.90 Å². The Balaban J connectivity index is 0.985. The van der Waals surface area contributed by atoms with E-state index in [1.807, 2.05) is 30.3 Å². The van der Waals surface area contributed by atoms with Crippen LogP contribution in [0.15, 0.2) is 89.8 Å². The Hall–Kier alpha value is -3.39. The summed E-state index contributed by atoms with van der Waals surface area (Å²) in [5.41, 5.74) is 6.72. The van der Waals surface area contributed by atoms with E-state index in [2.05, 4.69) is 44.3 Å². The molecule has 3 aromatic carbocycles. The van der Waals surface area contributed by atoms with Crippen molar-refractivity contribution in [2.45, 2.75) is 19.3 Å². The van der Waals surface area contributed by atoms with Gasteiger partial charge in [-0.1, -0.05) is 60.2 Å². The van der Waals surface area contributed by atoms with Gasteiger partial charge >= 0.3 is 0 Å². The van der Waals surface area contributed by atoms with Crippen molar-refractivity contribution in [1.29, 1.82) is 0 Å². The molecule has 2 fully saturated rings. The molecule has 0 spiro atoms. The molecule has 4 aromatic rings. The molecule has 7 heteroatoms. The Kier molecular flexibility index (Phi) is 8.85. The number of piperidine rings is 1. The van der Waals surface area contributed by atoms with Gasteiger partial charge in [0.05, 0.1) is 5.69 Å². The second kappa shape index (κ2) is 13.1. The van der Waals surface area contributed by atoms with Crippen molar-refractivity contribution in [1.82, 2.24) is 14.8 Å². The zero-order valence-corrected chi connectivity index (χ0v) is 24.1. The summed E-state index contributed by atoms with van der Waals surface area (Å²) >= 11 is 1.74. The fourth-order valence-electron chi connectivity index (χ4n) is 5.94. The van der Waals surface area contributed by atoms with Crippen LogP contribution in [-0.4, -0.2) is 67.1 Å². The van der Waals surface area contributed by atoms with E-state index in [-0.39, 0.29) is 11.6 Å². The van der Waals surface area contributed by atoms with E-state index < -0.39 is 0 Å². The van der Waals surface area contributed by atoms with Crippen LogP contribution in [-0.2, 0) is 0 Å². The second-order valence-electron chi connectivity index (χ2n) is 10.9. The molecule has 0 atom stereocenters. The number of thiazole rings is 1. The molecule has 41 heavy (non-hydrogen) atoms. The van der Waals surface area contributed by atoms with E-state index in [9.17, 15) is 8.78 Å². The normalized spacial score (nSPS) is 16.7. The summed E-state index contributed by atoms with van der Waals surface area (Å²) in [4.78, 5) is 12.5. The standard InChI is InChI=1S/C34H36F2N4S/c35-30-11-7-27(8-12-30)33(28-9-13-31(36)14-10-28)29-15-19-38(20-16-29)17-4-18-39-21-23-40(24-22-39)34-37-32(25-41-34)26-5-2-1-3-6-26/h1-3,5-14,25H,4,15-24H2. The van der Waals surface area contributed by atoms with Gasteiger partial charge in [-0.15, -0.1) is 11.3 Å². The molecule has 2 aliphatic rings. The smallest absolute Gasteiger partial charge is 0.185 e. The van der Waals surface area contributed by atoms with E-state index in [4.69, 9.17) is 4.98 Å². The van der Waals surface area contributed by atoms with E-state index in [1.165, 1.54) is 35.4 Å². The molecule has 3 heterocycles. The van der Waals surface area contributed by atoms with Crippen molar-refractivity contribution in [3.8, 4) is 11.3 Å². The summed E-state index contributed by atoms with van der Waals surface area (Å²) in [5.74, 6) is -0.484. The number of hydrogen-bond acceptors (Lipinski definition) is 5. The molecule has 6 rings (SSSR count). The molecule has 212 valence electrons. The number of hydrogen-bond donors (Lipinski definition) is 0. The third-order valence-electron chi connectivity index (χ3n) is 8.23. The molecule has 0 N–H and O–H groups in total. The van der Waals surface area contributed by atoms with Gasteiger partial charge in [-0.05, 0) is 73.3 Å². The number of rotatable bonds is 8. The van der Waals surface area contributed by atoms with Crippen molar-refractivity contribution < 1.29 is 8.78 Å². The molecule has 0 bridgehead atoms. The molecule has 1 aromatic heterocycles. The van der Waals surface area contributed by atoms with Gasteiger partial charge in [0.2, 0.25) is 0 Å². The van der Waals surface area contributed by atoms with Gasteiger partial charge in [-0.2, -0.15) is 0 Å². The lowest BCUT2D eigenvalue weighted by Crippen LogP contribution is -2.47. The lowest BCUT2D eigenvalue weighted by atomic mass is 9.88. The molecule has 0 unspecified atom stereocenters. The van der Waals surface area contributed by atoms with Gasteiger partial charge in [0, 0.05) is 50.2 Å². The predicted molar refractivity (Wildman–Crippen MR) is 165 cm³/mol. The highest BCUT2D eigenvalue weighted by Gasteiger charge is 2.22. The molecular formula is C34H36F2N4S. The van der Waals surface area contributed by atoms with Crippen LogP contribution in [0.4, 0.5) is 13.9 Å². The average Bonchev–Trinajstić information content (AvgIpc) is 3.51. The maximum Gasteiger partial charge on any atom is 0.185 e. The van der Waals surface area contributed by atoms with Gasteiger partial charge in [-0.3, -0.25) is 4.90 Å². The van der Waals surface area contributed by atoms with Gasteiger partial charge in [0.25, 0.3) is 0 Å². The first-order valence-electron chi connectivity index (χ1n) is 14.6. The average molecular weight is 571 g/mol. The highest BCUT2D eigenvalue weighted by atomic mass is 32.1. The third kappa shape index (κ3) is 6.92. The molecular weight excluding hydrogens is 534 g/mol. The molecule has 0 aliphatic carbocycles. The van der Waals surface area contributed by atoms with Crippen molar-refractivity contribution in [2.24, 2.45) is 0 Å². The zero-order chi connectivity index (χ0) is 28.0. The first-order chi connectivity index (χ1) is 20.1. The third-order valence-corrected chi connectivity index (χ3v) is 9.13. The highest BCUT2D eigenvalue weighted by Crippen LogP contribution is 2.33. The quantitative estimate of drug-likeness (QED) is 0.224. The first kappa shape index (κ1) is 27.8. The minimum atomic E-state index is -0.242. The van der Waals surface area contributed by atoms with Crippen molar-refractivity contribution in [3.05, 3.63) is 113 Å². The van der Waals surface area contributed by atoms with Crippen molar-refractivity contribution >= 4 is 22.0 Å². The van der Waals surface area contributed by atoms with Crippen LogP contribution in [0.5, 0.6) is 0 Å². The van der Waals surface area contributed by atoms with Crippen molar-refractivity contribution in [3.63, 3.8) is 0 Å². The van der Waals surface area contributed by atoms with E-state index >= 15 is 0 Å². The van der Waals surface area contributed by atoms with Crippen LogP contribution in [0.1, 0.15) is 30.4 Å². The predicted octanol–water partition coefficient (Wildman–Crippen LogP) is 7.20. The topological polar surface area (TPSA) is 22.6 Å². The van der Waals surface area contributed by atoms with E-state index in [1.54, 1.807) is 11.3 Å². The van der Waals surface area contributed by atoms with Gasteiger partial charge in [0.1, 0.15) is 11.6 Å². The maximum absolute atomic E-state index is 13.6. The molecule has 4 nitrogen and oxygen atoms in total. The minimum absolute atomic E-state index is 0.242. The van der Waals surface area contributed by atoms with E-state index in [0.29, 0.717) is 0 Å². The molecule has 2 aliphatic heterocycles. The fourth-order valence-corrected chi connectivity index (χ4v) is 6.82. The number of piperazine rings is 1. The highest BCUT2D eigenvalue weighted by molar-refractivity contribution is 7.14. The SMILES string of the molecule is Fc1ccc(C(=C2CCN(CCCN3CCN(c4nc(-c5ccccc5)cs4)CC3)CC2)c2ccc(F)cc2)cc1. The fraction of sp³-hybridized carbons (Fsp3) is 0.324. The largest absolute Gasteiger partial charge is 0.346 e. The molecule has 0 radical (unpaired) electrons. The lowest BCUT2D eigenvalue weighted by molar-refractivity contribution is 0.212. The number of aromatic nitrogens is 1. The summed E-state index contributed by atoms with van der Waals surface area (Å²) < 4.78 is 27.3. The maximum atomic E-state index is 13.6. The van der Waals surface area contributed by atoms with Crippen LogP contribution >= 0.6 is 11.3 Å². The summed E-state index contributed by atoms with van der Waals surface area (Å²) in [6.45, 7) is 8.45. The van der Waals surface area contributed by atoms with Crippen molar-refractivity contribution in [2.75, 3.05) is 57.3 Å². The number of halogens is 2. The summed E-state index contributed by atoms with van der Waals surface area (Å²) in [6, 6.07) is 23.8. The summed E-state index contributed by atoms with van der Waals surface area (Å²) in [5, 5.41) is 3.29. The van der Waals surface area contributed by atoms with Gasteiger partial charge in [-0.25, -0.2) is 13.8 Å². The molecule has 0 saturated carbocycles. The Labute approximate surface area is 245 Å². The van der Waals surface area contributed by atoms with E-state index in [0.717, 1.165) is 99.1 Å².